The van der Waals surface area contributed by atoms with Crippen molar-refractivity contribution in [3.8, 4) is 11.6 Å². The van der Waals surface area contributed by atoms with Crippen molar-refractivity contribution in [2.24, 2.45) is 0 Å². The van der Waals surface area contributed by atoms with Crippen LogP contribution in [0.3, 0.4) is 0 Å². The van der Waals surface area contributed by atoms with Crippen LogP contribution in [0.15, 0.2) is 42.6 Å². The van der Waals surface area contributed by atoms with Gasteiger partial charge in [-0.15, -0.1) is 0 Å². The van der Waals surface area contributed by atoms with E-state index in [9.17, 15) is 9.18 Å². The van der Waals surface area contributed by atoms with E-state index in [0.717, 1.165) is 31.5 Å². The zero-order chi connectivity index (χ0) is 18.4. The van der Waals surface area contributed by atoms with E-state index in [-0.39, 0.29) is 24.4 Å². The summed E-state index contributed by atoms with van der Waals surface area (Å²) in [5, 5.41) is 5.84. The van der Waals surface area contributed by atoms with Crippen LogP contribution < -0.4 is 15.4 Å². The molecule has 138 valence electrons. The number of likely N-dealkylation sites (tertiary alicyclic amines) is 1. The Labute approximate surface area is 152 Å². The summed E-state index contributed by atoms with van der Waals surface area (Å²) in [6, 6.07) is 9.44. The lowest BCUT2D eigenvalue weighted by atomic mass is 10.1. The molecule has 1 aromatic carbocycles. The summed E-state index contributed by atoms with van der Waals surface area (Å²) in [6.45, 7) is 2.25. The lowest BCUT2D eigenvalue weighted by Crippen LogP contribution is -2.46. The number of nitrogens with one attached hydrogen (secondary N) is 2. The smallest absolute Gasteiger partial charge is 0.315 e. The number of halogens is 1. The molecule has 6 nitrogen and oxygen atoms in total. The van der Waals surface area contributed by atoms with Gasteiger partial charge in [-0.1, -0.05) is 12.1 Å². The highest BCUT2D eigenvalue weighted by atomic mass is 19.1. The molecule has 1 aliphatic rings. The zero-order valence-corrected chi connectivity index (χ0v) is 14.7. The van der Waals surface area contributed by atoms with Gasteiger partial charge in [-0.3, -0.25) is 0 Å². The van der Waals surface area contributed by atoms with Crippen LogP contribution in [0.25, 0.3) is 0 Å². The van der Waals surface area contributed by atoms with Gasteiger partial charge in [0.1, 0.15) is 11.6 Å². The fourth-order valence-corrected chi connectivity index (χ4v) is 2.86. The van der Waals surface area contributed by atoms with E-state index in [1.54, 1.807) is 24.4 Å². The second-order valence-electron chi connectivity index (χ2n) is 6.43. The second-order valence-corrected chi connectivity index (χ2v) is 6.43. The van der Waals surface area contributed by atoms with Crippen LogP contribution in [0, 0.1) is 5.82 Å². The SMILES string of the molecule is CN1CCC(NC(=O)NCc2cccnc2Oc2cccc(F)c2)CC1. The highest BCUT2D eigenvalue weighted by Gasteiger charge is 2.18. The third-order valence-electron chi connectivity index (χ3n) is 4.35. The Bertz CT molecular complexity index is 748. The maximum absolute atomic E-state index is 13.3. The average molecular weight is 358 g/mol. The lowest BCUT2D eigenvalue weighted by Gasteiger charge is -2.29. The monoisotopic (exact) mass is 358 g/mol. The number of rotatable bonds is 5. The summed E-state index contributed by atoms with van der Waals surface area (Å²) in [7, 11) is 2.08. The molecule has 0 radical (unpaired) electrons. The van der Waals surface area contributed by atoms with Crippen LogP contribution in [0.5, 0.6) is 11.6 Å². The molecule has 2 aromatic rings. The number of carbonyl (C=O) groups is 1. The van der Waals surface area contributed by atoms with Gasteiger partial charge in [0.2, 0.25) is 5.88 Å². The van der Waals surface area contributed by atoms with Crippen molar-refractivity contribution in [2.45, 2.75) is 25.4 Å². The van der Waals surface area contributed by atoms with E-state index in [1.807, 2.05) is 6.07 Å². The number of amides is 2. The highest BCUT2D eigenvalue weighted by molar-refractivity contribution is 5.74. The normalized spacial score (nSPS) is 15.5. The Hall–Kier alpha value is -2.67. The number of pyridine rings is 1. The summed E-state index contributed by atoms with van der Waals surface area (Å²) in [4.78, 5) is 18.6. The lowest BCUT2D eigenvalue weighted by molar-refractivity contribution is 0.213. The molecule has 0 bridgehead atoms. The first-order valence-electron chi connectivity index (χ1n) is 8.70. The quantitative estimate of drug-likeness (QED) is 0.863. The molecule has 7 heteroatoms. The first kappa shape index (κ1) is 18.1. The van der Waals surface area contributed by atoms with E-state index in [1.165, 1.54) is 12.1 Å². The van der Waals surface area contributed by atoms with Gasteiger partial charge in [-0.25, -0.2) is 14.2 Å². The van der Waals surface area contributed by atoms with Crippen LogP contribution in [-0.2, 0) is 6.54 Å². The van der Waals surface area contributed by atoms with E-state index in [4.69, 9.17) is 4.74 Å². The van der Waals surface area contributed by atoms with Crippen molar-refractivity contribution in [1.82, 2.24) is 20.5 Å². The minimum absolute atomic E-state index is 0.197. The molecule has 1 aromatic heterocycles. The molecular formula is C19H23FN4O2. The number of hydrogen-bond donors (Lipinski definition) is 2. The molecule has 2 N–H and O–H groups in total. The van der Waals surface area contributed by atoms with Gasteiger partial charge in [-0.2, -0.15) is 0 Å². The summed E-state index contributed by atoms with van der Waals surface area (Å²) in [5.41, 5.74) is 0.718. The van der Waals surface area contributed by atoms with E-state index >= 15 is 0 Å². The topological polar surface area (TPSA) is 66.5 Å². The van der Waals surface area contributed by atoms with Crippen molar-refractivity contribution in [2.75, 3.05) is 20.1 Å². The van der Waals surface area contributed by atoms with E-state index < -0.39 is 0 Å². The first-order chi connectivity index (χ1) is 12.6. The highest BCUT2D eigenvalue weighted by Crippen LogP contribution is 2.23. The maximum Gasteiger partial charge on any atom is 0.315 e. The molecule has 0 aliphatic carbocycles. The molecule has 1 aliphatic heterocycles. The van der Waals surface area contributed by atoms with Crippen molar-refractivity contribution in [3.63, 3.8) is 0 Å². The fourth-order valence-electron chi connectivity index (χ4n) is 2.86. The van der Waals surface area contributed by atoms with Gasteiger partial charge in [0.15, 0.2) is 0 Å². The molecule has 0 spiro atoms. The van der Waals surface area contributed by atoms with Gasteiger partial charge < -0.3 is 20.3 Å². The van der Waals surface area contributed by atoms with Crippen LogP contribution in [0.4, 0.5) is 9.18 Å². The molecule has 0 saturated carbocycles. The molecule has 0 atom stereocenters. The van der Waals surface area contributed by atoms with Crippen molar-refractivity contribution in [3.05, 3.63) is 54.0 Å². The Balaban J connectivity index is 1.55. The van der Waals surface area contributed by atoms with Gasteiger partial charge in [-0.05, 0) is 51.2 Å². The zero-order valence-electron chi connectivity index (χ0n) is 14.7. The van der Waals surface area contributed by atoms with Crippen LogP contribution >= 0.6 is 0 Å². The number of hydrogen-bond acceptors (Lipinski definition) is 4. The molecule has 1 fully saturated rings. The van der Waals surface area contributed by atoms with Crippen LogP contribution in [0.2, 0.25) is 0 Å². The number of urea groups is 1. The number of ether oxygens (including phenoxy) is 1. The van der Waals surface area contributed by atoms with Crippen LogP contribution in [0.1, 0.15) is 18.4 Å². The van der Waals surface area contributed by atoms with Crippen molar-refractivity contribution < 1.29 is 13.9 Å². The van der Waals surface area contributed by atoms with Crippen LogP contribution in [-0.4, -0.2) is 42.1 Å². The Kier molecular flexibility index (Phi) is 6.01. The van der Waals surface area contributed by atoms with Gasteiger partial charge >= 0.3 is 6.03 Å². The number of piperidine rings is 1. The predicted octanol–water partition coefficient (Wildman–Crippen LogP) is 2.91. The average Bonchev–Trinajstić information content (AvgIpc) is 2.63. The number of aromatic nitrogens is 1. The number of carbonyl (C=O) groups excluding carboxylic acids is 1. The molecule has 3 rings (SSSR count). The third-order valence-corrected chi connectivity index (χ3v) is 4.35. The molecular weight excluding hydrogens is 335 g/mol. The maximum atomic E-state index is 13.3. The molecule has 26 heavy (non-hydrogen) atoms. The largest absolute Gasteiger partial charge is 0.439 e. The number of nitrogens with zero attached hydrogens (tertiary/aromatic N) is 2. The first-order valence-corrected chi connectivity index (χ1v) is 8.70. The molecule has 0 unspecified atom stereocenters. The molecule has 1 saturated heterocycles. The summed E-state index contributed by atoms with van der Waals surface area (Å²) in [6.07, 6.45) is 3.49. The minimum atomic E-state index is -0.379. The second kappa shape index (κ2) is 8.62. The molecule has 2 amide bonds. The molecule has 2 heterocycles. The van der Waals surface area contributed by atoms with Gasteiger partial charge in [0.25, 0.3) is 0 Å². The Morgan fingerprint density at radius 3 is 2.88 bits per heavy atom. The van der Waals surface area contributed by atoms with Crippen molar-refractivity contribution in [1.29, 1.82) is 0 Å². The Morgan fingerprint density at radius 2 is 2.12 bits per heavy atom. The fraction of sp³-hybridized carbons (Fsp3) is 0.368. The van der Waals surface area contributed by atoms with Crippen molar-refractivity contribution >= 4 is 6.03 Å². The van der Waals surface area contributed by atoms with E-state index in [0.29, 0.717) is 11.6 Å². The minimum Gasteiger partial charge on any atom is -0.439 e. The number of benzene rings is 1. The third kappa shape index (κ3) is 5.16. The van der Waals surface area contributed by atoms with Gasteiger partial charge in [0, 0.05) is 30.4 Å². The summed E-state index contributed by atoms with van der Waals surface area (Å²) >= 11 is 0. The summed E-state index contributed by atoms with van der Waals surface area (Å²) < 4.78 is 19.0. The summed E-state index contributed by atoms with van der Waals surface area (Å²) in [5.74, 6) is 0.328. The standard InChI is InChI=1S/C19H23FN4O2/c1-24-10-7-16(8-11-24)23-19(25)22-13-14-4-3-9-21-18(14)26-17-6-2-5-15(20)12-17/h2-6,9,12,16H,7-8,10-11,13H2,1H3,(H2,22,23,25). The predicted molar refractivity (Wildman–Crippen MR) is 96.6 cm³/mol. The van der Waals surface area contributed by atoms with Gasteiger partial charge in [0.05, 0.1) is 0 Å². The van der Waals surface area contributed by atoms with E-state index in [2.05, 4.69) is 27.6 Å². The Morgan fingerprint density at radius 1 is 1.31 bits per heavy atom.